The van der Waals surface area contributed by atoms with Crippen LogP contribution in [0.4, 0.5) is 0 Å². The van der Waals surface area contributed by atoms with Gasteiger partial charge in [-0.1, -0.05) is 6.92 Å². The summed E-state index contributed by atoms with van der Waals surface area (Å²) in [7, 11) is -3.20. The second kappa shape index (κ2) is 4.27. The molecule has 0 aromatic heterocycles. The van der Waals surface area contributed by atoms with Crippen LogP contribution in [0.3, 0.4) is 0 Å². The molecule has 0 aromatic rings. The quantitative estimate of drug-likeness (QED) is 0.699. The first-order valence-corrected chi connectivity index (χ1v) is 7.77. The minimum Gasteiger partial charge on any atom is -0.329 e. The highest BCUT2D eigenvalue weighted by Gasteiger charge is 2.53. The Kier molecular flexibility index (Phi) is 3.29. The van der Waals surface area contributed by atoms with Crippen LogP contribution in [0.15, 0.2) is 0 Å². The van der Waals surface area contributed by atoms with Gasteiger partial charge < -0.3 is 5.73 Å². The fourth-order valence-electron chi connectivity index (χ4n) is 2.46. The zero-order valence-corrected chi connectivity index (χ0v) is 10.7. The molecule has 94 valence electrons. The molecule has 2 aliphatic carbocycles. The van der Waals surface area contributed by atoms with Gasteiger partial charge in [-0.2, -0.15) is 0 Å². The predicted octanol–water partition coefficient (Wildman–Crippen LogP) is 0.833. The molecule has 0 spiro atoms. The molecule has 16 heavy (non-hydrogen) atoms. The van der Waals surface area contributed by atoms with Crippen molar-refractivity contribution in [2.45, 2.75) is 44.3 Å². The lowest BCUT2D eigenvalue weighted by atomic mass is 10.0. The summed E-state index contributed by atoms with van der Waals surface area (Å²) < 4.78 is 26.6. The third-order valence-corrected chi connectivity index (χ3v) is 6.07. The van der Waals surface area contributed by atoms with Crippen LogP contribution in [0.2, 0.25) is 0 Å². The van der Waals surface area contributed by atoms with E-state index >= 15 is 0 Å². The van der Waals surface area contributed by atoms with Crippen molar-refractivity contribution < 1.29 is 8.42 Å². The first-order valence-electron chi connectivity index (χ1n) is 6.22. The maximum Gasteiger partial charge on any atom is 0.215 e. The summed E-state index contributed by atoms with van der Waals surface area (Å²) >= 11 is 0. The minimum absolute atomic E-state index is 0.211. The first-order chi connectivity index (χ1) is 7.54. The molecule has 0 aromatic carbocycles. The van der Waals surface area contributed by atoms with Crippen molar-refractivity contribution in [2.75, 3.05) is 13.1 Å². The smallest absolute Gasteiger partial charge is 0.215 e. The Balaban J connectivity index is 1.89. The molecule has 3 N–H and O–H groups in total. The molecular weight excluding hydrogens is 224 g/mol. The number of sulfonamides is 1. The first kappa shape index (κ1) is 12.3. The van der Waals surface area contributed by atoms with E-state index in [-0.39, 0.29) is 6.54 Å². The molecule has 0 radical (unpaired) electrons. The summed E-state index contributed by atoms with van der Waals surface area (Å²) in [6, 6.07) is 0. The molecule has 2 saturated carbocycles. The monoisotopic (exact) mass is 246 g/mol. The normalized spacial score (nSPS) is 25.4. The molecule has 1 unspecified atom stereocenters. The van der Waals surface area contributed by atoms with Crippen molar-refractivity contribution in [3.05, 3.63) is 0 Å². The van der Waals surface area contributed by atoms with E-state index in [1.807, 2.05) is 6.92 Å². The van der Waals surface area contributed by atoms with Gasteiger partial charge in [0.05, 0.1) is 5.25 Å². The third-order valence-electron chi connectivity index (χ3n) is 4.12. The van der Waals surface area contributed by atoms with E-state index in [4.69, 9.17) is 5.73 Å². The molecule has 0 amide bonds. The molecule has 2 rings (SSSR count). The van der Waals surface area contributed by atoms with E-state index < -0.39 is 15.3 Å². The summed E-state index contributed by atoms with van der Waals surface area (Å²) in [4.78, 5) is 0. The van der Waals surface area contributed by atoms with Crippen molar-refractivity contribution in [3.8, 4) is 0 Å². The van der Waals surface area contributed by atoms with Gasteiger partial charge in [-0.15, -0.1) is 0 Å². The lowest BCUT2D eigenvalue weighted by molar-refractivity contribution is 0.430. The Morgan fingerprint density at radius 3 is 2.44 bits per heavy atom. The van der Waals surface area contributed by atoms with Crippen LogP contribution in [0.25, 0.3) is 0 Å². The van der Waals surface area contributed by atoms with Gasteiger partial charge in [-0.05, 0) is 43.4 Å². The van der Waals surface area contributed by atoms with E-state index in [0.717, 1.165) is 5.92 Å². The van der Waals surface area contributed by atoms with Gasteiger partial charge in [0.25, 0.3) is 0 Å². The number of hydrogen-bond donors (Lipinski definition) is 2. The number of nitrogens with two attached hydrogens (primary N) is 1. The maximum absolute atomic E-state index is 11.9. The van der Waals surface area contributed by atoms with E-state index in [2.05, 4.69) is 4.72 Å². The van der Waals surface area contributed by atoms with Gasteiger partial charge in [-0.25, -0.2) is 13.1 Å². The Bertz CT molecular complexity index is 341. The van der Waals surface area contributed by atoms with Crippen LogP contribution in [0.1, 0.15) is 39.0 Å². The van der Waals surface area contributed by atoms with Crippen LogP contribution in [0.5, 0.6) is 0 Å². The second-order valence-corrected chi connectivity index (χ2v) is 7.31. The lowest BCUT2D eigenvalue weighted by Crippen LogP contribution is -2.41. The van der Waals surface area contributed by atoms with Gasteiger partial charge >= 0.3 is 0 Å². The summed E-state index contributed by atoms with van der Waals surface area (Å²) in [5.74, 6) is 0.785. The molecular formula is C11H22N2O2S. The summed E-state index contributed by atoms with van der Waals surface area (Å²) in [6.45, 7) is 2.71. The average Bonchev–Trinajstić information content (AvgIpc) is 3.09. The van der Waals surface area contributed by atoms with Crippen LogP contribution >= 0.6 is 0 Å². The number of nitrogens with one attached hydrogen (secondary N) is 1. The molecule has 0 saturated heterocycles. The number of hydrogen-bond acceptors (Lipinski definition) is 3. The predicted molar refractivity (Wildman–Crippen MR) is 64.4 cm³/mol. The Morgan fingerprint density at radius 2 is 2.06 bits per heavy atom. The van der Waals surface area contributed by atoms with Crippen molar-refractivity contribution in [1.82, 2.24) is 4.72 Å². The number of rotatable bonds is 7. The molecule has 0 heterocycles. The van der Waals surface area contributed by atoms with Crippen molar-refractivity contribution >= 4 is 10.0 Å². The zero-order valence-electron chi connectivity index (χ0n) is 9.91. The van der Waals surface area contributed by atoms with Gasteiger partial charge in [-0.3, -0.25) is 0 Å². The average molecular weight is 246 g/mol. The molecule has 1 atom stereocenters. The summed E-state index contributed by atoms with van der Waals surface area (Å²) in [5.41, 5.74) is 5.80. The SMILES string of the molecule is CCC(CN)S(=O)(=O)NCC1(C2CC2)CC1. The highest BCUT2D eigenvalue weighted by molar-refractivity contribution is 7.90. The van der Waals surface area contributed by atoms with Gasteiger partial charge in [0.2, 0.25) is 10.0 Å². The van der Waals surface area contributed by atoms with Crippen LogP contribution in [0, 0.1) is 11.3 Å². The van der Waals surface area contributed by atoms with E-state index in [1.54, 1.807) is 0 Å². The largest absolute Gasteiger partial charge is 0.329 e. The van der Waals surface area contributed by atoms with E-state index in [9.17, 15) is 8.42 Å². The summed E-state index contributed by atoms with van der Waals surface area (Å²) in [5, 5.41) is -0.428. The van der Waals surface area contributed by atoms with Crippen LogP contribution in [-0.2, 0) is 10.0 Å². The van der Waals surface area contributed by atoms with Gasteiger partial charge in [0.1, 0.15) is 0 Å². The van der Waals surface area contributed by atoms with Gasteiger partial charge in [0, 0.05) is 13.1 Å². The van der Waals surface area contributed by atoms with Crippen LogP contribution in [-0.4, -0.2) is 26.8 Å². The van der Waals surface area contributed by atoms with Crippen molar-refractivity contribution in [1.29, 1.82) is 0 Å². The summed E-state index contributed by atoms with van der Waals surface area (Å²) in [6.07, 6.45) is 5.55. The third kappa shape index (κ3) is 2.41. The fourth-order valence-corrected chi connectivity index (χ4v) is 3.88. The maximum atomic E-state index is 11.9. The van der Waals surface area contributed by atoms with Crippen LogP contribution < -0.4 is 10.5 Å². The Labute approximate surface area is 98.0 Å². The van der Waals surface area contributed by atoms with Crippen molar-refractivity contribution in [3.63, 3.8) is 0 Å². The standard InChI is InChI=1S/C11H22N2O2S/c1-2-10(7-12)16(14,15)13-8-11(5-6-11)9-3-4-9/h9-10,13H,2-8,12H2,1H3. The second-order valence-electron chi connectivity index (χ2n) is 5.27. The molecule has 2 fully saturated rings. The highest BCUT2D eigenvalue weighted by atomic mass is 32.2. The molecule has 0 bridgehead atoms. The molecule has 2 aliphatic rings. The van der Waals surface area contributed by atoms with Crippen molar-refractivity contribution in [2.24, 2.45) is 17.1 Å². The Morgan fingerprint density at radius 1 is 1.44 bits per heavy atom. The molecule has 4 nitrogen and oxygen atoms in total. The lowest BCUT2D eigenvalue weighted by Gasteiger charge is -2.19. The topological polar surface area (TPSA) is 72.2 Å². The Hall–Kier alpha value is -0.130. The highest BCUT2D eigenvalue weighted by Crippen LogP contribution is 2.60. The molecule has 5 heteroatoms. The minimum atomic E-state index is -3.20. The van der Waals surface area contributed by atoms with E-state index in [1.165, 1.54) is 25.7 Å². The zero-order chi connectivity index (χ0) is 11.8. The van der Waals surface area contributed by atoms with E-state index in [0.29, 0.717) is 18.4 Å². The fraction of sp³-hybridized carbons (Fsp3) is 1.00. The molecule has 0 aliphatic heterocycles. The van der Waals surface area contributed by atoms with Gasteiger partial charge in [0.15, 0.2) is 0 Å².